The van der Waals surface area contributed by atoms with E-state index in [1.54, 1.807) is 4.90 Å². The number of nitro benzene ring substituents is 1. The maximum atomic E-state index is 11.2. The normalized spacial score (nSPS) is 22.1. The third kappa shape index (κ3) is 3.11. The Balaban J connectivity index is 2.41. The van der Waals surface area contributed by atoms with E-state index < -0.39 is 16.9 Å². The van der Waals surface area contributed by atoms with Crippen molar-refractivity contribution >= 4 is 17.3 Å². The fourth-order valence-corrected chi connectivity index (χ4v) is 2.33. The molecule has 2 atom stereocenters. The zero-order valence-electron chi connectivity index (χ0n) is 11.6. The van der Waals surface area contributed by atoms with E-state index in [0.29, 0.717) is 18.8 Å². The number of morpholine rings is 1. The molecule has 0 radical (unpaired) electrons. The summed E-state index contributed by atoms with van der Waals surface area (Å²) in [6.45, 7) is 2.42. The van der Waals surface area contributed by atoms with Gasteiger partial charge in [-0.25, -0.2) is 0 Å². The van der Waals surface area contributed by atoms with E-state index in [2.05, 4.69) is 0 Å². The van der Waals surface area contributed by atoms with Gasteiger partial charge in [-0.15, -0.1) is 0 Å². The van der Waals surface area contributed by atoms with E-state index >= 15 is 0 Å². The predicted molar refractivity (Wildman–Crippen MR) is 75.2 cm³/mol. The first-order valence-corrected chi connectivity index (χ1v) is 6.51. The fourth-order valence-electron chi connectivity index (χ4n) is 2.33. The van der Waals surface area contributed by atoms with Gasteiger partial charge in [-0.05, 0) is 19.1 Å². The molecule has 1 fully saturated rings. The summed E-state index contributed by atoms with van der Waals surface area (Å²) < 4.78 is 5.42. The smallest absolute Gasteiger partial charge is 0.293 e. The highest BCUT2D eigenvalue weighted by Crippen LogP contribution is 2.32. The van der Waals surface area contributed by atoms with Gasteiger partial charge in [-0.3, -0.25) is 14.9 Å². The lowest BCUT2D eigenvalue weighted by Gasteiger charge is -2.38. The van der Waals surface area contributed by atoms with E-state index in [1.807, 2.05) is 6.92 Å². The number of carbonyl (C=O) groups is 1. The van der Waals surface area contributed by atoms with Crippen molar-refractivity contribution in [1.82, 2.24) is 0 Å². The number of amides is 1. The zero-order valence-corrected chi connectivity index (χ0v) is 11.6. The maximum absolute atomic E-state index is 11.2. The van der Waals surface area contributed by atoms with Crippen LogP contribution in [0.5, 0.6) is 0 Å². The van der Waals surface area contributed by atoms with Crippen LogP contribution < -0.4 is 10.6 Å². The molecular formula is C13H17N3O5. The summed E-state index contributed by atoms with van der Waals surface area (Å²) in [5.41, 5.74) is 5.45. The summed E-state index contributed by atoms with van der Waals surface area (Å²) in [6, 6.07) is 4.06. The molecule has 21 heavy (non-hydrogen) atoms. The van der Waals surface area contributed by atoms with Gasteiger partial charge >= 0.3 is 0 Å². The minimum atomic E-state index is -0.715. The van der Waals surface area contributed by atoms with Gasteiger partial charge in [0.1, 0.15) is 5.69 Å². The summed E-state index contributed by atoms with van der Waals surface area (Å²) in [4.78, 5) is 23.7. The molecule has 2 unspecified atom stereocenters. The lowest BCUT2D eigenvalue weighted by atomic mass is 10.1. The Kier molecular flexibility index (Phi) is 4.39. The third-order valence-corrected chi connectivity index (χ3v) is 3.48. The van der Waals surface area contributed by atoms with Crippen LogP contribution in [0.4, 0.5) is 11.4 Å². The van der Waals surface area contributed by atoms with Crippen molar-refractivity contribution in [1.29, 1.82) is 0 Å². The van der Waals surface area contributed by atoms with Gasteiger partial charge in [0.2, 0.25) is 5.91 Å². The Labute approximate surface area is 121 Å². The first-order valence-electron chi connectivity index (χ1n) is 6.51. The molecule has 1 aliphatic rings. The number of nitrogens with zero attached hydrogens (tertiary/aromatic N) is 2. The molecule has 3 N–H and O–H groups in total. The van der Waals surface area contributed by atoms with Gasteiger partial charge in [0.05, 0.1) is 24.2 Å². The van der Waals surface area contributed by atoms with Crippen molar-refractivity contribution in [3.63, 3.8) is 0 Å². The molecule has 1 aromatic carbocycles. The van der Waals surface area contributed by atoms with Gasteiger partial charge in [0.25, 0.3) is 5.69 Å². The lowest BCUT2D eigenvalue weighted by Crippen LogP contribution is -2.49. The molecule has 1 saturated heterocycles. The fraction of sp³-hybridized carbons (Fsp3) is 0.462. The van der Waals surface area contributed by atoms with Crippen molar-refractivity contribution in [2.24, 2.45) is 5.73 Å². The quantitative estimate of drug-likeness (QED) is 0.608. The average Bonchev–Trinajstić information content (AvgIpc) is 2.47. The van der Waals surface area contributed by atoms with Gasteiger partial charge in [-0.1, -0.05) is 0 Å². The van der Waals surface area contributed by atoms with Gasteiger partial charge < -0.3 is 20.5 Å². The van der Waals surface area contributed by atoms with Crippen LogP contribution in [0.2, 0.25) is 0 Å². The lowest BCUT2D eigenvalue weighted by molar-refractivity contribution is -0.384. The van der Waals surface area contributed by atoms with E-state index in [1.165, 1.54) is 18.2 Å². The number of aliphatic hydroxyl groups is 1. The molecule has 114 valence electrons. The highest BCUT2D eigenvalue weighted by atomic mass is 16.6. The van der Waals surface area contributed by atoms with Crippen molar-refractivity contribution in [2.45, 2.75) is 19.1 Å². The monoisotopic (exact) mass is 295 g/mol. The SMILES string of the molecule is CC1COC(CO)CN1c1ccc(C(N)=O)cc1[N+](=O)[O-]. The maximum Gasteiger partial charge on any atom is 0.293 e. The summed E-state index contributed by atoms with van der Waals surface area (Å²) in [5, 5.41) is 20.4. The Morgan fingerprint density at radius 1 is 1.62 bits per heavy atom. The number of nitrogens with two attached hydrogens (primary N) is 1. The molecule has 0 aromatic heterocycles. The molecule has 8 heteroatoms. The Morgan fingerprint density at radius 3 is 2.90 bits per heavy atom. The van der Waals surface area contributed by atoms with Crippen molar-refractivity contribution in [2.75, 3.05) is 24.7 Å². The van der Waals surface area contributed by atoms with Crippen LogP contribution in [0.3, 0.4) is 0 Å². The average molecular weight is 295 g/mol. The van der Waals surface area contributed by atoms with Crippen LogP contribution in [0, 0.1) is 10.1 Å². The highest BCUT2D eigenvalue weighted by molar-refractivity contribution is 5.94. The second-order valence-corrected chi connectivity index (χ2v) is 4.96. The minimum Gasteiger partial charge on any atom is -0.394 e. The molecule has 0 aliphatic carbocycles. The molecule has 1 heterocycles. The van der Waals surface area contributed by atoms with Crippen LogP contribution in [0.15, 0.2) is 18.2 Å². The van der Waals surface area contributed by atoms with Crippen molar-refractivity contribution in [3.05, 3.63) is 33.9 Å². The Hall–Kier alpha value is -2.19. The molecule has 0 bridgehead atoms. The number of hydrogen-bond acceptors (Lipinski definition) is 6. The Bertz CT molecular complexity index is 563. The summed E-state index contributed by atoms with van der Waals surface area (Å²) in [5.74, 6) is -0.715. The van der Waals surface area contributed by atoms with Crippen LogP contribution in [0.1, 0.15) is 17.3 Å². The number of ether oxygens (including phenoxy) is 1. The summed E-state index contributed by atoms with van der Waals surface area (Å²) >= 11 is 0. The van der Waals surface area contributed by atoms with E-state index in [4.69, 9.17) is 10.5 Å². The van der Waals surface area contributed by atoms with Crippen LogP contribution in [-0.4, -0.2) is 47.8 Å². The largest absolute Gasteiger partial charge is 0.394 e. The Morgan fingerprint density at radius 2 is 2.33 bits per heavy atom. The number of benzene rings is 1. The van der Waals surface area contributed by atoms with Gasteiger partial charge in [0, 0.05) is 24.2 Å². The summed E-state index contributed by atoms with van der Waals surface area (Å²) in [7, 11) is 0. The van der Waals surface area contributed by atoms with Crippen LogP contribution >= 0.6 is 0 Å². The molecule has 2 rings (SSSR count). The van der Waals surface area contributed by atoms with E-state index in [-0.39, 0.29) is 23.9 Å². The second-order valence-electron chi connectivity index (χ2n) is 4.96. The van der Waals surface area contributed by atoms with Gasteiger partial charge in [-0.2, -0.15) is 0 Å². The second kappa shape index (κ2) is 6.06. The molecule has 8 nitrogen and oxygen atoms in total. The zero-order chi connectivity index (χ0) is 15.6. The molecule has 0 spiro atoms. The van der Waals surface area contributed by atoms with E-state index in [9.17, 15) is 20.0 Å². The number of anilines is 1. The first-order chi connectivity index (χ1) is 9.93. The first kappa shape index (κ1) is 15.2. The number of hydrogen-bond donors (Lipinski definition) is 2. The van der Waals surface area contributed by atoms with Crippen molar-refractivity contribution in [3.8, 4) is 0 Å². The molecule has 1 amide bonds. The topological polar surface area (TPSA) is 119 Å². The third-order valence-electron chi connectivity index (χ3n) is 3.48. The molecule has 1 aromatic rings. The van der Waals surface area contributed by atoms with Crippen LogP contribution in [0.25, 0.3) is 0 Å². The highest BCUT2D eigenvalue weighted by Gasteiger charge is 2.30. The minimum absolute atomic E-state index is 0.0778. The predicted octanol–water partition coefficient (Wildman–Crippen LogP) is 0.280. The molecule has 0 saturated carbocycles. The number of aliphatic hydroxyl groups excluding tert-OH is 1. The molecule has 1 aliphatic heterocycles. The van der Waals surface area contributed by atoms with Gasteiger partial charge in [0.15, 0.2) is 0 Å². The standard InChI is InChI=1S/C13H17N3O5/c1-8-7-21-10(6-17)5-15(8)11-3-2-9(13(14)18)4-12(11)16(19)20/h2-4,8,10,17H,5-7H2,1H3,(H2,14,18). The number of nitro groups is 1. The molecular weight excluding hydrogens is 278 g/mol. The van der Waals surface area contributed by atoms with Crippen LogP contribution in [-0.2, 0) is 4.74 Å². The number of primary amides is 1. The van der Waals surface area contributed by atoms with E-state index in [0.717, 1.165) is 0 Å². The summed E-state index contributed by atoms with van der Waals surface area (Å²) in [6.07, 6.45) is -0.392. The number of carbonyl (C=O) groups excluding carboxylic acids is 1. The number of rotatable bonds is 4. The van der Waals surface area contributed by atoms with Crippen molar-refractivity contribution < 1.29 is 19.6 Å².